The van der Waals surface area contributed by atoms with Crippen molar-refractivity contribution < 1.29 is 27.2 Å². The maximum Gasteiger partial charge on any atom is 0.434 e. The van der Waals surface area contributed by atoms with Crippen LogP contribution < -0.4 is 10.6 Å². The lowest BCUT2D eigenvalue weighted by Crippen LogP contribution is -2.32. The van der Waals surface area contributed by atoms with Crippen LogP contribution in [0.4, 0.5) is 17.6 Å². The molecule has 0 bridgehead atoms. The number of rotatable bonds is 7. The molecule has 0 aliphatic heterocycles. The van der Waals surface area contributed by atoms with Gasteiger partial charge in [0.15, 0.2) is 5.69 Å². The van der Waals surface area contributed by atoms with Crippen LogP contribution in [0.5, 0.6) is 0 Å². The van der Waals surface area contributed by atoms with Gasteiger partial charge in [-0.15, -0.1) is 0 Å². The highest BCUT2D eigenvalue weighted by Crippen LogP contribution is 2.34. The van der Waals surface area contributed by atoms with Crippen molar-refractivity contribution in [2.24, 2.45) is 0 Å². The number of benzene rings is 2. The molecular weight excluding hydrogens is 440 g/mol. The van der Waals surface area contributed by atoms with E-state index in [9.17, 15) is 27.2 Å². The molecule has 1 heterocycles. The topological polar surface area (TPSA) is 76.0 Å². The van der Waals surface area contributed by atoms with E-state index in [0.717, 1.165) is 24.8 Å². The number of alkyl halides is 3. The fourth-order valence-electron chi connectivity index (χ4n) is 3.10. The Morgan fingerprint density at radius 1 is 1.09 bits per heavy atom. The summed E-state index contributed by atoms with van der Waals surface area (Å²) in [6.07, 6.45) is -3.45. The van der Waals surface area contributed by atoms with Gasteiger partial charge in [0, 0.05) is 18.2 Å². The molecule has 0 spiro atoms. The van der Waals surface area contributed by atoms with E-state index in [0.29, 0.717) is 15.8 Å². The number of aromatic nitrogens is 2. The summed E-state index contributed by atoms with van der Waals surface area (Å²) >= 11 is 0. The van der Waals surface area contributed by atoms with Gasteiger partial charge in [-0.3, -0.25) is 9.59 Å². The van der Waals surface area contributed by atoms with Crippen molar-refractivity contribution in [2.45, 2.75) is 39.0 Å². The largest absolute Gasteiger partial charge is 0.434 e. The summed E-state index contributed by atoms with van der Waals surface area (Å²) in [6.45, 7) is 3.67. The molecule has 2 N–H and O–H groups in total. The maximum atomic E-state index is 14.1. The van der Waals surface area contributed by atoms with E-state index >= 15 is 0 Å². The number of carbonyl (C=O) groups is 2. The first kappa shape index (κ1) is 24.0. The third-order valence-electron chi connectivity index (χ3n) is 5.00. The second-order valence-corrected chi connectivity index (χ2v) is 7.43. The average Bonchev–Trinajstić information content (AvgIpc) is 3.23. The van der Waals surface area contributed by atoms with Crippen LogP contribution in [0.25, 0.3) is 5.69 Å². The Kier molecular flexibility index (Phi) is 7.15. The zero-order valence-electron chi connectivity index (χ0n) is 17.9. The summed E-state index contributed by atoms with van der Waals surface area (Å²) in [5.41, 5.74) is -1.66. The van der Waals surface area contributed by atoms with Gasteiger partial charge in [0.1, 0.15) is 11.5 Å². The van der Waals surface area contributed by atoms with E-state index in [-0.39, 0.29) is 18.5 Å². The summed E-state index contributed by atoms with van der Waals surface area (Å²) in [5.74, 6) is -2.23. The molecule has 2 aromatic carbocycles. The molecule has 0 radical (unpaired) electrons. The molecule has 33 heavy (non-hydrogen) atoms. The van der Waals surface area contributed by atoms with Crippen molar-refractivity contribution in [3.8, 4) is 5.69 Å². The van der Waals surface area contributed by atoms with Crippen molar-refractivity contribution in [2.75, 3.05) is 0 Å². The van der Waals surface area contributed by atoms with Crippen molar-refractivity contribution in [1.29, 1.82) is 0 Å². The second-order valence-electron chi connectivity index (χ2n) is 7.43. The number of para-hydroxylation sites is 1. The Balaban J connectivity index is 1.81. The molecule has 1 atom stereocenters. The summed E-state index contributed by atoms with van der Waals surface area (Å²) in [6, 6.07) is 11.2. The highest BCUT2D eigenvalue weighted by Gasteiger charge is 2.41. The van der Waals surface area contributed by atoms with Gasteiger partial charge in [-0.25, -0.2) is 9.07 Å². The second kappa shape index (κ2) is 9.85. The van der Waals surface area contributed by atoms with Gasteiger partial charge in [0.05, 0.1) is 11.8 Å². The highest BCUT2D eigenvalue weighted by molar-refractivity contribution is 5.96. The predicted octanol–water partition coefficient (Wildman–Crippen LogP) is 4.49. The van der Waals surface area contributed by atoms with Gasteiger partial charge in [-0.05, 0) is 43.2 Å². The van der Waals surface area contributed by atoms with Crippen LogP contribution in [-0.2, 0) is 12.7 Å². The molecule has 0 saturated heterocycles. The quantitative estimate of drug-likeness (QED) is 0.508. The van der Waals surface area contributed by atoms with Gasteiger partial charge in [0.2, 0.25) is 0 Å². The molecular formula is C23H22F4N4O2. The van der Waals surface area contributed by atoms with Crippen molar-refractivity contribution >= 4 is 11.8 Å². The molecule has 10 heteroatoms. The van der Waals surface area contributed by atoms with E-state index in [1.54, 1.807) is 24.3 Å². The van der Waals surface area contributed by atoms with Crippen LogP contribution in [0.3, 0.4) is 0 Å². The van der Waals surface area contributed by atoms with E-state index in [4.69, 9.17) is 0 Å². The predicted molar refractivity (Wildman–Crippen MR) is 113 cm³/mol. The van der Waals surface area contributed by atoms with Gasteiger partial charge >= 0.3 is 6.18 Å². The first-order chi connectivity index (χ1) is 15.6. The van der Waals surface area contributed by atoms with E-state index in [1.807, 2.05) is 13.8 Å². The Morgan fingerprint density at radius 2 is 1.82 bits per heavy atom. The lowest BCUT2D eigenvalue weighted by Gasteiger charge is -2.14. The average molecular weight is 462 g/mol. The Bertz CT molecular complexity index is 1160. The molecule has 3 rings (SSSR count). The van der Waals surface area contributed by atoms with Gasteiger partial charge in [-0.1, -0.05) is 31.2 Å². The molecule has 0 aliphatic carbocycles. The first-order valence-corrected chi connectivity index (χ1v) is 10.2. The van der Waals surface area contributed by atoms with Crippen LogP contribution in [0, 0.1) is 5.82 Å². The minimum absolute atomic E-state index is 0.0207. The smallest absolute Gasteiger partial charge is 0.350 e. The van der Waals surface area contributed by atoms with Crippen LogP contribution >= 0.6 is 0 Å². The Labute approximate surface area is 187 Å². The lowest BCUT2D eigenvalue weighted by molar-refractivity contribution is -0.143. The number of hydrogen-bond donors (Lipinski definition) is 2. The number of amides is 2. The van der Waals surface area contributed by atoms with Crippen LogP contribution in [0.1, 0.15) is 52.2 Å². The molecule has 174 valence electrons. The zero-order chi connectivity index (χ0) is 24.2. The number of hydrogen-bond acceptors (Lipinski definition) is 3. The summed E-state index contributed by atoms with van der Waals surface area (Å²) in [5, 5.41) is 8.83. The number of nitrogens with one attached hydrogen (secondary N) is 2. The number of carbonyl (C=O) groups excluding carboxylic acids is 2. The molecule has 1 aromatic heterocycles. The van der Waals surface area contributed by atoms with Gasteiger partial charge in [-0.2, -0.15) is 18.3 Å². The maximum absolute atomic E-state index is 14.1. The van der Waals surface area contributed by atoms with E-state index in [2.05, 4.69) is 15.7 Å². The minimum Gasteiger partial charge on any atom is -0.350 e. The van der Waals surface area contributed by atoms with Crippen molar-refractivity contribution in [3.05, 3.63) is 82.9 Å². The zero-order valence-corrected chi connectivity index (χ0v) is 17.9. The normalized spacial score (nSPS) is 12.3. The molecule has 0 fully saturated rings. The molecule has 0 saturated carbocycles. The van der Waals surface area contributed by atoms with Crippen LogP contribution in [0.15, 0.2) is 54.7 Å². The fraction of sp³-hybridized carbons (Fsp3) is 0.261. The highest BCUT2D eigenvalue weighted by atomic mass is 19.4. The number of nitrogens with zero attached hydrogens (tertiary/aromatic N) is 2. The van der Waals surface area contributed by atoms with Gasteiger partial charge < -0.3 is 10.6 Å². The van der Waals surface area contributed by atoms with Crippen LogP contribution in [0.2, 0.25) is 0 Å². The minimum atomic E-state index is -4.96. The third-order valence-corrected chi connectivity index (χ3v) is 5.00. The SMILES string of the molecule is CCC(C)NC(=O)c1cccc(CNC(=O)c2cnn(-c3ccccc3F)c2C(F)(F)F)c1. The standard InChI is InChI=1S/C23H22F4N4O2/c1-3-14(2)30-21(32)16-8-6-7-15(11-16)12-28-22(33)17-13-29-31(20(17)23(25,26)27)19-10-5-4-9-18(19)24/h4-11,13-14H,3,12H2,1-2H3,(H,28,33)(H,30,32). The third kappa shape index (κ3) is 5.57. The first-order valence-electron chi connectivity index (χ1n) is 10.2. The molecule has 6 nitrogen and oxygen atoms in total. The monoisotopic (exact) mass is 462 g/mol. The fourth-order valence-corrected chi connectivity index (χ4v) is 3.10. The summed E-state index contributed by atoms with van der Waals surface area (Å²) in [7, 11) is 0. The van der Waals surface area contributed by atoms with Crippen molar-refractivity contribution in [3.63, 3.8) is 0 Å². The summed E-state index contributed by atoms with van der Waals surface area (Å²) < 4.78 is 55.7. The van der Waals surface area contributed by atoms with Gasteiger partial charge in [0.25, 0.3) is 11.8 Å². The molecule has 0 aliphatic rings. The van der Waals surface area contributed by atoms with E-state index < -0.39 is 34.8 Å². The van der Waals surface area contributed by atoms with Crippen molar-refractivity contribution in [1.82, 2.24) is 20.4 Å². The molecule has 1 unspecified atom stereocenters. The molecule has 2 amide bonds. The summed E-state index contributed by atoms with van der Waals surface area (Å²) in [4.78, 5) is 24.9. The van der Waals surface area contributed by atoms with E-state index in [1.165, 1.54) is 12.1 Å². The van der Waals surface area contributed by atoms with Crippen LogP contribution in [-0.4, -0.2) is 27.6 Å². The lowest BCUT2D eigenvalue weighted by atomic mass is 10.1. The number of halogens is 4. The molecule has 3 aromatic rings. The Hall–Kier alpha value is -3.69. The Morgan fingerprint density at radius 3 is 2.48 bits per heavy atom.